The molecule has 0 saturated heterocycles. The normalized spacial score (nSPS) is 20.1. The van der Waals surface area contributed by atoms with Crippen molar-refractivity contribution in [2.45, 2.75) is 37.8 Å². The lowest BCUT2D eigenvalue weighted by Gasteiger charge is -2.23. The molecule has 3 heterocycles. The Balaban J connectivity index is 1.36. The molecule has 178 valence electrons. The van der Waals surface area contributed by atoms with Crippen LogP contribution in [0.5, 0.6) is 17.2 Å². The highest BCUT2D eigenvalue weighted by Crippen LogP contribution is 2.54. The molecular weight excluding hydrogens is 446 g/mol. The van der Waals surface area contributed by atoms with Crippen molar-refractivity contribution >= 4 is 17.6 Å². The minimum atomic E-state index is -1.000. The van der Waals surface area contributed by atoms with E-state index in [1.807, 2.05) is 42.5 Å². The highest BCUT2D eigenvalue weighted by molar-refractivity contribution is 6.11. The SMILES string of the molecule is CCC(Oc1cccc(CN2C(=O)C3(COc4cc5c(cc43)CCO5)c3ccccc32)c1)C(=O)O. The predicted octanol–water partition coefficient (Wildman–Crippen LogP) is 4.09. The number of aliphatic carboxylic acids is 1. The monoisotopic (exact) mass is 471 g/mol. The second-order valence-electron chi connectivity index (χ2n) is 9.16. The number of fused-ring (bicyclic) bond motifs is 5. The third-order valence-corrected chi connectivity index (χ3v) is 7.12. The van der Waals surface area contributed by atoms with Crippen molar-refractivity contribution < 1.29 is 28.9 Å². The maximum atomic E-state index is 14.2. The van der Waals surface area contributed by atoms with Gasteiger partial charge in [-0.2, -0.15) is 0 Å². The third-order valence-electron chi connectivity index (χ3n) is 7.12. The molecule has 0 aliphatic carbocycles. The van der Waals surface area contributed by atoms with Gasteiger partial charge in [0.05, 0.1) is 13.2 Å². The first-order chi connectivity index (χ1) is 17.0. The topological polar surface area (TPSA) is 85.3 Å². The number of benzene rings is 3. The maximum Gasteiger partial charge on any atom is 0.344 e. The minimum Gasteiger partial charge on any atom is -0.493 e. The Morgan fingerprint density at radius 1 is 1.09 bits per heavy atom. The number of amides is 1. The molecular formula is C28H25NO6. The number of nitrogens with zero attached hydrogens (tertiary/aromatic N) is 1. The molecule has 0 saturated carbocycles. The van der Waals surface area contributed by atoms with Crippen LogP contribution in [0.15, 0.2) is 60.7 Å². The Hall–Kier alpha value is -4.00. The Kier molecular flexibility index (Phi) is 4.95. The van der Waals surface area contributed by atoms with Crippen molar-refractivity contribution in [2.75, 3.05) is 18.1 Å². The van der Waals surface area contributed by atoms with Gasteiger partial charge in [0.1, 0.15) is 29.3 Å². The van der Waals surface area contributed by atoms with Crippen molar-refractivity contribution in [3.05, 3.63) is 82.9 Å². The van der Waals surface area contributed by atoms with E-state index in [0.717, 1.165) is 40.1 Å². The lowest BCUT2D eigenvalue weighted by molar-refractivity contribution is -0.145. The lowest BCUT2D eigenvalue weighted by Crippen LogP contribution is -2.42. The number of para-hydroxylation sites is 1. The summed E-state index contributed by atoms with van der Waals surface area (Å²) >= 11 is 0. The number of hydrogen-bond donors (Lipinski definition) is 1. The van der Waals surface area contributed by atoms with Gasteiger partial charge in [0, 0.05) is 23.7 Å². The van der Waals surface area contributed by atoms with Crippen LogP contribution < -0.4 is 19.1 Å². The summed E-state index contributed by atoms with van der Waals surface area (Å²) < 4.78 is 17.5. The number of carboxylic acid groups (broad SMARTS) is 1. The first-order valence-corrected chi connectivity index (χ1v) is 11.8. The quantitative estimate of drug-likeness (QED) is 0.583. The first-order valence-electron chi connectivity index (χ1n) is 11.8. The van der Waals surface area contributed by atoms with E-state index in [9.17, 15) is 14.7 Å². The number of anilines is 1. The van der Waals surface area contributed by atoms with Gasteiger partial charge in [-0.15, -0.1) is 0 Å². The van der Waals surface area contributed by atoms with Gasteiger partial charge < -0.3 is 24.2 Å². The zero-order valence-corrected chi connectivity index (χ0v) is 19.3. The summed E-state index contributed by atoms with van der Waals surface area (Å²) in [5.41, 5.74) is 3.75. The van der Waals surface area contributed by atoms with Gasteiger partial charge in [-0.3, -0.25) is 4.79 Å². The van der Waals surface area contributed by atoms with Gasteiger partial charge >= 0.3 is 5.97 Å². The number of carboxylic acids is 1. The summed E-state index contributed by atoms with van der Waals surface area (Å²) in [6.45, 7) is 2.99. The third kappa shape index (κ3) is 3.26. The Morgan fingerprint density at radius 2 is 1.94 bits per heavy atom. The molecule has 3 aromatic rings. The molecule has 6 rings (SSSR count). The first kappa shape index (κ1) is 21.5. The van der Waals surface area contributed by atoms with Crippen LogP contribution in [0.3, 0.4) is 0 Å². The minimum absolute atomic E-state index is 0.0281. The van der Waals surface area contributed by atoms with Crippen LogP contribution in [0.1, 0.15) is 35.6 Å². The van der Waals surface area contributed by atoms with E-state index < -0.39 is 17.5 Å². The molecule has 7 heteroatoms. The fourth-order valence-electron chi connectivity index (χ4n) is 5.38. The van der Waals surface area contributed by atoms with E-state index in [1.165, 1.54) is 0 Å². The van der Waals surface area contributed by atoms with Gasteiger partial charge in [0.15, 0.2) is 6.10 Å². The van der Waals surface area contributed by atoms with Crippen LogP contribution >= 0.6 is 0 Å². The molecule has 3 aliphatic rings. The maximum absolute atomic E-state index is 14.2. The molecule has 1 amide bonds. The van der Waals surface area contributed by atoms with Crippen LogP contribution in [0.4, 0.5) is 5.69 Å². The largest absolute Gasteiger partial charge is 0.493 e. The molecule has 3 aromatic carbocycles. The summed E-state index contributed by atoms with van der Waals surface area (Å²) in [5, 5.41) is 9.34. The van der Waals surface area contributed by atoms with Gasteiger partial charge in [0.2, 0.25) is 5.91 Å². The summed E-state index contributed by atoms with van der Waals surface area (Å²) in [6.07, 6.45) is 0.259. The van der Waals surface area contributed by atoms with Crippen LogP contribution in [0, 0.1) is 0 Å². The molecule has 35 heavy (non-hydrogen) atoms. The molecule has 1 spiro atoms. The predicted molar refractivity (Wildman–Crippen MR) is 128 cm³/mol. The van der Waals surface area contributed by atoms with Crippen LogP contribution in [-0.4, -0.2) is 36.3 Å². The van der Waals surface area contributed by atoms with Crippen molar-refractivity contribution in [3.8, 4) is 17.2 Å². The van der Waals surface area contributed by atoms with E-state index in [2.05, 4.69) is 6.07 Å². The van der Waals surface area contributed by atoms with Gasteiger partial charge in [-0.25, -0.2) is 4.79 Å². The molecule has 0 fully saturated rings. The summed E-state index contributed by atoms with van der Waals surface area (Å²) in [5.74, 6) is 0.974. The Bertz CT molecular complexity index is 1350. The molecule has 7 nitrogen and oxygen atoms in total. The molecule has 0 aromatic heterocycles. The number of carbonyl (C=O) groups excluding carboxylic acids is 1. The molecule has 1 N–H and O–H groups in total. The molecule has 2 atom stereocenters. The molecule has 0 bridgehead atoms. The second-order valence-corrected chi connectivity index (χ2v) is 9.16. The molecule has 3 aliphatic heterocycles. The van der Waals surface area contributed by atoms with E-state index in [0.29, 0.717) is 31.1 Å². The van der Waals surface area contributed by atoms with Crippen LogP contribution in [0.25, 0.3) is 0 Å². The van der Waals surface area contributed by atoms with Crippen molar-refractivity contribution in [2.24, 2.45) is 0 Å². The molecule has 2 unspecified atom stereocenters. The van der Waals surface area contributed by atoms with Crippen molar-refractivity contribution in [1.82, 2.24) is 0 Å². The molecule has 0 radical (unpaired) electrons. The van der Waals surface area contributed by atoms with E-state index >= 15 is 0 Å². The van der Waals surface area contributed by atoms with E-state index in [1.54, 1.807) is 24.0 Å². The van der Waals surface area contributed by atoms with Crippen LogP contribution in [-0.2, 0) is 28.0 Å². The van der Waals surface area contributed by atoms with E-state index in [-0.39, 0.29) is 12.5 Å². The van der Waals surface area contributed by atoms with E-state index in [4.69, 9.17) is 14.2 Å². The number of hydrogen-bond acceptors (Lipinski definition) is 5. The van der Waals surface area contributed by atoms with Crippen molar-refractivity contribution in [1.29, 1.82) is 0 Å². The zero-order chi connectivity index (χ0) is 24.2. The average molecular weight is 472 g/mol. The second kappa shape index (κ2) is 8.05. The lowest BCUT2D eigenvalue weighted by atomic mass is 9.76. The van der Waals surface area contributed by atoms with Crippen LogP contribution in [0.2, 0.25) is 0 Å². The Morgan fingerprint density at radius 3 is 2.77 bits per heavy atom. The highest BCUT2D eigenvalue weighted by atomic mass is 16.5. The number of carbonyl (C=O) groups is 2. The van der Waals surface area contributed by atoms with Gasteiger partial charge in [-0.05, 0) is 47.4 Å². The van der Waals surface area contributed by atoms with Gasteiger partial charge in [0.25, 0.3) is 0 Å². The number of ether oxygens (including phenoxy) is 3. The fourth-order valence-corrected chi connectivity index (χ4v) is 5.38. The zero-order valence-electron chi connectivity index (χ0n) is 19.3. The average Bonchev–Trinajstić information content (AvgIpc) is 3.54. The number of rotatable bonds is 6. The Labute approximate surface area is 202 Å². The summed E-state index contributed by atoms with van der Waals surface area (Å²) in [4.78, 5) is 27.4. The summed E-state index contributed by atoms with van der Waals surface area (Å²) in [7, 11) is 0. The summed E-state index contributed by atoms with van der Waals surface area (Å²) in [6, 6.07) is 19.1. The standard InChI is InChI=1S/C28H25NO6/c1-2-23(26(30)31)35-19-7-5-6-17(12-19)15-29-22-9-4-3-8-20(22)28(27(29)32)16-34-25-14-24-18(10-11-33-24)13-21(25)28/h3-9,12-14,23H,2,10-11,15-16H2,1H3,(H,30,31). The smallest absolute Gasteiger partial charge is 0.344 e. The fraction of sp³-hybridized carbons (Fsp3) is 0.286. The van der Waals surface area contributed by atoms with Crippen molar-refractivity contribution in [3.63, 3.8) is 0 Å². The highest BCUT2D eigenvalue weighted by Gasteiger charge is 2.57. The van der Waals surface area contributed by atoms with Gasteiger partial charge in [-0.1, -0.05) is 37.3 Å².